The Morgan fingerprint density at radius 3 is 3.05 bits per heavy atom. The average molecular weight is 283 g/mol. The minimum absolute atomic E-state index is 0.494. The van der Waals surface area contributed by atoms with Crippen molar-refractivity contribution < 1.29 is 5.11 Å². The van der Waals surface area contributed by atoms with E-state index in [1.165, 1.54) is 17.7 Å². The Kier molecular flexibility index (Phi) is 3.80. The second-order valence-electron chi connectivity index (χ2n) is 5.71. The van der Waals surface area contributed by atoms with Gasteiger partial charge < -0.3 is 15.7 Å². The molecule has 0 aliphatic carbocycles. The van der Waals surface area contributed by atoms with Gasteiger partial charge in [0, 0.05) is 43.8 Å². The molecule has 1 aromatic heterocycles. The number of rotatable bonds is 3. The van der Waals surface area contributed by atoms with Gasteiger partial charge in [0.05, 0.1) is 6.10 Å². The minimum Gasteiger partial charge on any atom is -0.398 e. The van der Waals surface area contributed by atoms with E-state index in [9.17, 15) is 5.11 Å². The normalized spacial score (nSPS) is 15.6. The van der Waals surface area contributed by atoms with Crippen molar-refractivity contribution in [2.45, 2.75) is 25.4 Å². The number of fused-ring (bicyclic) bond motifs is 1. The molecule has 4 heteroatoms. The van der Waals surface area contributed by atoms with Crippen LogP contribution in [-0.2, 0) is 12.8 Å². The highest BCUT2D eigenvalue weighted by Gasteiger charge is 2.17. The molecule has 1 atom stereocenters. The van der Waals surface area contributed by atoms with Crippen molar-refractivity contribution >= 4 is 11.4 Å². The summed E-state index contributed by atoms with van der Waals surface area (Å²) in [6, 6.07) is 8.02. The molecular weight excluding hydrogens is 262 g/mol. The molecule has 3 N–H and O–H groups in total. The summed E-state index contributed by atoms with van der Waals surface area (Å²) >= 11 is 0. The molecule has 1 unspecified atom stereocenters. The zero-order valence-corrected chi connectivity index (χ0v) is 12.3. The first-order chi connectivity index (χ1) is 10.1. The van der Waals surface area contributed by atoms with E-state index >= 15 is 0 Å². The van der Waals surface area contributed by atoms with Crippen LogP contribution in [0.15, 0.2) is 36.7 Å². The van der Waals surface area contributed by atoms with Crippen LogP contribution in [0.2, 0.25) is 0 Å². The molecule has 0 amide bonds. The molecule has 0 bridgehead atoms. The number of nitrogens with two attached hydrogens (primary N) is 1. The van der Waals surface area contributed by atoms with E-state index in [0.29, 0.717) is 12.1 Å². The van der Waals surface area contributed by atoms with E-state index in [-0.39, 0.29) is 0 Å². The molecular formula is C17H21N3O. The van der Waals surface area contributed by atoms with Gasteiger partial charge in [0.25, 0.3) is 0 Å². The van der Waals surface area contributed by atoms with Crippen LogP contribution >= 0.6 is 0 Å². The standard InChI is InChI=1S/C17H21N3O/c1-20-8-2-3-12-9-13(4-5-16(12)20)17(21)10-14-11-19-7-6-15(14)18/h4-7,9,11,17,21H,2-3,8,10H2,1H3,(H2,18,19). The predicted octanol–water partition coefficient (Wildman–Crippen LogP) is 2.32. The fraction of sp³-hybridized carbons (Fsp3) is 0.353. The number of hydrogen-bond donors (Lipinski definition) is 2. The number of benzene rings is 1. The largest absolute Gasteiger partial charge is 0.398 e. The Hall–Kier alpha value is -2.07. The van der Waals surface area contributed by atoms with E-state index in [1.54, 1.807) is 18.5 Å². The Bertz CT molecular complexity index is 642. The van der Waals surface area contributed by atoms with Crippen molar-refractivity contribution in [3.05, 3.63) is 53.3 Å². The fourth-order valence-electron chi connectivity index (χ4n) is 2.95. The minimum atomic E-state index is -0.547. The summed E-state index contributed by atoms with van der Waals surface area (Å²) in [6.45, 7) is 1.10. The van der Waals surface area contributed by atoms with Crippen LogP contribution < -0.4 is 10.6 Å². The number of aryl methyl sites for hydroxylation is 1. The summed E-state index contributed by atoms with van der Waals surface area (Å²) in [5, 5.41) is 10.5. The third-order valence-electron chi connectivity index (χ3n) is 4.19. The number of aromatic nitrogens is 1. The molecule has 1 aliphatic rings. The maximum atomic E-state index is 10.5. The smallest absolute Gasteiger partial charge is 0.0831 e. The van der Waals surface area contributed by atoms with Gasteiger partial charge in [0.1, 0.15) is 0 Å². The summed E-state index contributed by atoms with van der Waals surface area (Å²) in [5.74, 6) is 0. The van der Waals surface area contributed by atoms with Gasteiger partial charge in [0.15, 0.2) is 0 Å². The van der Waals surface area contributed by atoms with Gasteiger partial charge in [-0.25, -0.2) is 0 Å². The monoisotopic (exact) mass is 283 g/mol. The summed E-state index contributed by atoms with van der Waals surface area (Å²) in [6.07, 6.45) is 5.58. The van der Waals surface area contributed by atoms with Crippen molar-refractivity contribution in [3.63, 3.8) is 0 Å². The molecule has 4 nitrogen and oxygen atoms in total. The van der Waals surface area contributed by atoms with Gasteiger partial charge in [-0.15, -0.1) is 0 Å². The van der Waals surface area contributed by atoms with Crippen LogP contribution in [0, 0.1) is 0 Å². The third kappa shape index (κ3) is 2.85. The SMILES string of the molecule is CN1CCCc2cc(C(O)Cc3cnccc3N)ccc21. The first kappa shape index (κ1) is 13.9. The van der Waals surface area contributed by atoms with E-state index in [4.69, 9.17) is 5.73 Å². The van der Waals surface area contributed by atoms with Gasteiger partial charge >= 0.3 is 0 Å². The highest BCUT2D eigenvalue weighted by atomic mass is 16.3. The lowest BCUT2D eigenvalue weighted by Crippen LogP contribution is -2.24. The van der Waals surface area contributed by atoms with Gasteiger partial charge in [-0.2, -0.15) is 0 Å². The van der Waals surface area contributed by atoms with Crippen LogP contribution in [0.3, 0.4) is 0 Å². The molecule has 0 saturated carbocycles. The van der Waals surface area contributed by atoms with E-state index in [1.807, 2.05) is 6.07 Å². The average Bonchev–Trinajstić information content (AvgIpc) is 2.49. The van der Waals surface area contributed by atoms with Crippen LogP contribution in [0.5, 0.6) is 0 Å². The zero-order valence-electron chi connectivity index (χ0n) is 12.3. The molecule has 1 aliphatic heterocycles. The molecule has 1 aromatic carbocycles. The maximum Gasteiger partial charge on any atom is 0.0831 e. The number of nitrogen functional groups attached to an aromatic ring is 1. The van der Waals surface area contributed by atoms with Crippen molar-refractivity contribution in [3.8, 4) is 0 Å². The summed E-state index contributed by atoms with van der Waals surface area (Å²) in [5.41, 5.74) is 11.0. The Morgan fingerprint density at radius 2 is 2.24 bits per heavy atom. The zero-order chi connectivity index (χ0) is 14.8. The van der Waals surface area contributed by atoms with Crippen molar-refractivity contribution in [2.24, 2.45) is 0 Å². The lowest BCUT2D eigenvalue weighted by atomic mass is 9.95. The molecule has 0 fully saturated rings. The second-order valence-corrected chi connectivity index (χ2v) is 5.71. The van der Waals surface area contributed by atoms with E-state index in [2.05, 4.69) is 29.1 Å². The highest BCUT2D eigenvalue weighted by Crippen LogP contribution is 2.30. The molecule has 3 rings (SSSR count). The third-order valence-corrected chi connectivity index (χ3v) is 4.19. The number of nitrogens with zero attached hydrogens (tertiary/aromatic N) is 2. The summed E-state index contributed by atoms with van der Waals surface area (Å²) in [4.78, 5) is 6.35. The van der Waals surface area contributed by atoms with Crippen molar-refractivity contribution in [1.82, 2.24) is 4.98 Å². The molecule has 0 radical (unpaired) electrons. The number of aliphatic hydroxyl groups excluding tert-OH is 1. The molecule has 2 aromatic rings. The predicted molar refractivity (Wildman–Crippen MR) is 85.3 cm³/mol. The van der Waals surface area contributed by atoms with Gasteiger partial charge in [0.2, 0.25) is 0 Å². The molecule has 21 heavy (non-hydrogen) atoms. The molecule has 0 spiro atoms. The van der Waals surface area contributed by atoms with Crippen LogP contribution in [0.4, 0.5) is 11.4 Å². The highest BCUT2D eigenvalue weighted by molar-refractivity contribution is 5.56. The first-order valence-corrected chi connectivity index (χ1v) is 7.35. The van der Waals surface area contributed by atoms with Crippen molar-refractivity contribution in [2.75, 3.05) is 24.2 Å². The number of aliphatic hydroxyl groups is 1. The number of pyridine rings is 1. The van der Waals surface area contributed by atoms with E-state index < -0.39 is 6.10 Å². The topological polar surface area (TPSA) is 62.4 Å². The Labute approximate surface area is 125 Å². The molecule has 2 heterocycles. The van der Waals surface area contributed by atoms with Gasteiger partial charge in [-0.3, -0.25) is 4.98 Å². The quantitative estimate of drug-likeness (QED) is 0.907. The summed E-state index contributed by atoms with van der Waals surface area (Å²) in [7, 11) is 2.12. The Morgan fingerprint density at radius 1 is 1.38 bits per heavy atom. The van der Waals surface area contributed by atoms with Crippen LogP contribution in [-0.4, -0.2) is 23.7 Å². The fourth-order valence-corrected chi connectivity index (χ4v) is 2.95. The lowest BCUT2D eigenvalue weighted by Gasteiger charge is -2.28. The van der Waals surface area contributed by atoms with Crippen molar-refractivity contribution in [1.29, 1.82) is 0 Å². The molecule has 110 valence electrons. The van der Waals surface area contributed by atoms with Gasteiger partial charge in [-0.1, -0.05) is 12.1 Å². The summed E-state index contributed by atoms with van der Waals surface area (Å²) < 4.78 is 0. The maximum absolute atomic E-state index is 10.5. The van der Waals surface area contributed by atoms with E-state index in [0.717, 1.165) is 24.1 Å². The molecule has 0 saturated heterocycles. The van der Waals surface area contributed by atoms with Gasteiger partial charge in [-0.05, 0) is 41.7 Å². The first-order valence-electron chi connectivity index (χ1n) is 7.35. The van der Waals surface area contributed by atoms with Crippen LogP contribution in [0.1, 0.15) is 29.2 Å². The Balaban J connectivity index is 1.82. The number of hydrogen-bond acceptors (Lipinski definition) is 4. The number of anilines is 2. The van der Waals surface area contributed by atoms with Crippen LogP contribution in [0.25, 0.3) is 0 Å². The lowest BCUT2D eigenvalue weighted by molar-refractivity contribution is 0.178. The second kappa shape index (κ2) is 5.74.